The number of nitrogens with zero attached hydrogens (tertiary/aromatic N) is 3. The van der Waals surface area contributed by atoms with Crippen LogP contribution in [0.1, 0.15) is 11.4 Å². The molecular formula is C15H14BrN3O. The van der Waals surface area contributed by atoms with E-state index < -0.39 is 0 Å². The van der Waals surface area contributed by atoms with Crippen LogP contribution in [-0.2, 0) is 12.8 Å². The van der Waals surface area contributed by atoms with Crippen molar-refractivity contribution in [2.24, 2.45) is 0 Å². The van der Waals surface area contributed by atoms with Crippen molar-refractivity contribution in [3.8, 4) is 5.75 Å². The maximum absolute atomic E-state index is 5.37. The monoisotopic (exact) mass is 331 g/mol. The number of halogens is 1. The number of methoxy groups -OCH3 is 1. The molecule has 0 aliphatic heterocycles. The minimum atomic E-state index is 0.817. The number of benzene rings is 1. The molecule has 3 rings (SSSR count). The summed E-state index contributed by atoms with van der Waals surface area (Å²) in [6, 6.07) is 12.0. The molecule has 0 fully saturated rings. The summed E-state index contributed by atoms with van der Waals surface area (Å²) >= 11 is 3.47. The average Bonchev–Trinajstić information content (AvgIpc) is 2.87. The molecule has 0 bridgehead atoms. The van der Waals surface area contributed by atoms with Gasteiger partial charge in [-0.15, -0.1) is 10.2 Å². The van der Waals surface area contributed by atoms with E-state index in [1.807, 2.05) is 40.9 Å². The number of hydrogen-bond acceptors (Lipinski definition) is 3. The highest BCUT2D eigenvalue weighted by atomic mass is 79.9. The summed E-state index contributed by atoms with van der Waals surface area (Å²) in [6.45, 7) is 0. The van der Waals surface area contributed by atoms with E-state index in [0.717, 1.165) is 34.5 Å². The van der Waals surface area contributed by atoms with Crippen LogP contribution in [0.4, 0.5) is 0 Å². The van der Waals surface area contributed by atoms with Gasteiger partial charge in [-0.2, -0.15) is 0 Å². The highest BCUT2D eigenvalue weighted by Gasteiger charge is 2.08. The third kappa shape index (κ3) is 2.54. The zero-order valence-electron chi connectivity index (χ0n) is 11.1. The maximum atomic E-state index is 5.37. The summed E-state index contributed by atoms with van der Waals surface area (Å²) in [5.74, 6) is 1.87. The molecule has 0 saturated heterocycles. The molecule has 2 aromatic heterocycles. The molecule has 20 heavy (non-hydrogen) atoms. The van der Waals surface area contributed by atoms with Crippen molar-refractivity contribution in [1.29, 1.82) is 0 Å². The third-order valence-corrected chi connectivity index (χ3v) is 3.72. The van der Waals surface area contributed by atoms with Gasteiger partial charge in [0.15, 0.2) is 5.65 Å². The van der Waals surface area contributed by atoms with Crippen molar-refractivity contribution >= 4 is 21.6 Å². The van der Waals surface area contributed by atoms with Crippen molar-refractivity contribution < 1.29 is 4.74 Å². The first kappa shape index (κ1) is 13.1. The van der Waals surface area contributed by atoms with Crippen LogP contribution in [-0.4, -0.2) is 21.7 Å². The van der Waals surface area contributed by atoms with Gasteiger partial charge in [-0.25, -0.2) is 0 Å². The molecule has 4 nitrogen and oxygen atoms in total. The molecule has 1 aromatic carbocycles. The molecule has 5 heteroatoms. The quantitative estimate of drug-likeness (QED) is 0.736. The molecule has 0 N–H and O–H groups in total. The third-order valence-electron chi connectivity index (χ3n) is 3.25. The number of ether oxygens (including phenoxy) is 1. The predicted molar refractivity (Wildman–Crippen MR) is 81.1 cm³/mol. The number of aromatic nitrogens is 3. The van der Waals surface area contributed by atoms with Gasteiger partial charge < -0.3 is 4.74 Å². The average molecular weight is 332 g/mol. The Hall–Kier alpha value is -1.88. The van der Waals surface area contributed by atoms with E-state index in [-0.39, 0.29) is 0 Å². The SMILES string of the molecule is COc1ccccc1CCc1nnc2ccc(Br)cn12. The number of rotatable bonds is 4. The highest BCUT2D eigenvalue weighted by Crippen LogP contribution is 2.19. The van der Waals surface area contributed by atoms with Crippen molar-refractivity contribution in [3.63, 3.8) is 0 Å². The Morgan fingerprint density at radius 2 is 1.95 bits per heavy atom. The molecule has 0 aliphatic rings. The van der Waals surface area contributed by atoms with Crippen molar-refractivity contribution in [2.45, 2.75) is 12.8 Å². The molecule has 3 aromatic rings. The van der Waals surface area contributed by atoms with Gasteiger partial charge in [0.1, 0.15) is 11.6 Å². The van der Waals surface area contributed by atoms with Crippen LogP contribution in [0.25, 0.3) is 5.65 Å². The smallest absolute Gasteiger partial charge is 0.160 e. The molecule has 2 heterocycles. The number of hydrogen-bond donors (Lipinski definition) is 0. The fourth-order valence-corrected chi connectivity index (χ4v) is 2.58. The first-order valence-electron chi connectivity index (χ1n) is 6.39. The van der Waals surface area contributed by atoms with Gasteiger partial charge in [0, 0.05) is 17.1 Å². The lowest BCUT2D eigenvalue weighted by atomic mass is 10.1. The van der Waals surface area contributed by atoms with Crippen molar-refractivity contribution in [3.05, 3.63) is 58.5 Å². The van der Waals surface area contributed by atoms with Gasteiger partial charge in [0.25, 0.3) is 0 Å². The fourth-order valence-electron chi connectivity index (χ4n) is 2.24. The number of aryl methyl sites for hydroxylation is 2. The van der Waals surface area contributed by atoms with E-state index in [1.54, 1.807) is 7.11 Å². The number of fused-ring (bicyclic) bond motifs is 1. The van der Waals surface area contributed by atoms with Gasteiger partial charge in [-0.3, -0.25) is 4.40 Å². The first-order valence-corrected chi connectivity index (χ1v) is 7.18. The van der Waals surface area contributed by atoms with Crippen LogP contribution < -0.4 is 4.74 Å². The van der Waals surface area contributed by atoms with Crippen LogP contribution >= 0.6 is 15.9 Å². The fraction of sp³-hybridized carbons (Fsp3) is 0.200. The Balaban J connectivity index is 1.85. The molecule has 0 atom stereocenters. The number of pyridine rings is 1. The Labute approximate surface area is 125 Å². The topological polar surface area (TPSA) is 39.4 Å². The minimum absolute atomic E-state index is 0.817. The maximum Gasteiger partial charge on any atom is 0.160 e. The minimum Gasteiger partial charge on any atom is -0.496 e. The zero-order chi connectivity index (χ0) is 13.9. The summed E-state index contributed by atoms with van der Waals surface area (Å²) in [5.41, 5.74) is 2.05. The Kier molecular flexibility index (Phi) is 3.69. The summed E-state index contributed by atoms with van der Waals surface area (Å²) in [6.07, 6.45) is 3.68. The van der Waals surface area contributed by atoms with E-state index in [9.17, 15) is 0 Å². The summed E-state index contributed by atoms with van der Waals surface area (Å²) in [5, 5.41) is 8.43. The van der Waals surface area contributed by atoms with Crippen LogP contribution in [0.3, 0.4) is 0 Å². The van der Waals surface area contributed by atoms with E-state index in [4.69, 9.17) is 4.74 Å². The highest BCUT2D eigenvalue weighted by molar-refractivity contribution is 9.10. The lowest BCUT2D eigenvalue weighted by Gasteiger charge is -2.07. The summed E-state index contributed by atoms with van der Waals surface area (Å²) in [7, 11) is 1.70. The lowest BCUT2D eigenvalue weighted by molar-refractivity contribution is 0.409. The summed E-state index contributed by atoms with van der Waals surface area (Å²) < 4.78 is 8.40. The van der Waals surface area contributed by atoms with E-state index >= 15 is 0 Å². The van der Waals surface area contributed by atoms with Crippen LogP contribution in [0, 0.1) is 0 Å². The van der Waals surface area contributed by atoms with E-state index in [0.29, 0.717) is 0 Å². The van der Waals surface area contributed by atoms with Gasteiger partial charge in [0.05, 0.1) is 7.11 Å². The van der Waals surface area contributed by atoms with Crippen LogP contribution in [0.2, 0.25) is 0 Å². The van der Waals surface area contributed by atoms with E-state index in [2.05, 4.69) is 32.2 Å². The normalized spacial score (nSPS) is 10.9. The Morgan fingerprint density at radius 1 is 1.10 bits per heavy atom. The Morgan fingerprint density at radius 3 is 2.80 bits per heavy atom. The molecule has 102 valence electrons. The molecule has 0 aliphatic carbocycles. The largest absolute Gasteiger partial charge is 0.496 e. The van der Waals surface area contributed by atoms with Crippen LogP contribution in [0.5, 0.6) is 5.75 Å². The van der Waals surface area contributed by atoms with Crippen molar-refractivity contribution in [2.75, 3.05) is 7.11 Å². The van der Waals surface area contributed by atoms with Crippen molar-refractivity contribution in [1.82, 2.24) is 14.6 Å². The first-order chi connectivity index (χ1) is 9.78. The lowest BCUT2D eigenvalue weighted by Crippen LogP contribution is -1.99. The second-order valence-corrected chi connectivity index (χ2v) is 5.42. The summed E-state index contributed by atoms with van der Waals surface area (Å²) in [4.78, 5) is 0. The van der Waals surface area contributed by atoms with Crippen LogP contribution in [0.15, 0.2) is 47.1 Å². The Bertz CT molecular complexity index is 739. The second-order valence-electron chi connectivity index (χ2n) is 4.50. The molecular weight excluding hydrogens is 318 g/mol. The van der Waals surface area contributed by atoms with Gasteiger partial charge >= 0.3 is 0 Å². The molecule has 0 radical (unpaired) electrons. The standard InChI is InChI=1S/C15H14BrN3O/c1-20-13-5-3-2-4-11(13)6-8-14-17-18-15-9-7-12(16)10-19(14)15/h2-5,7,9-10H,6,8H2,1H3. The molecule has 0 saturated carbocycles. The van der Waals surface area contributed by atoms with Gasteiger partial charge in [0.2, 0.25) is 0 Å². The predicted octanol–water partition coefficient (Wildman–Crippen LogP) is 3.29. The van der Waals surface area contributed by atoms with E-state index in [1.165, 1.54) is 5.56 Å². The number of para-hydroxylation sites is 1. The van der Waals surface area contributed by atoms with Gasteiger partial charge in [-0.05, 0) is 46.1 Å². The molecule has 0 amide bonds. The zero-order valence-corrected chi connectivity index (χ0v) is 12.7. The molecule has 0 unspecified atom stereocenters. The van der Waals surface area contributed by atoms with Gasteiger partial charge in [-0.1, -0.05) is 18.2 Å². The molecule has 0 spiro atoms. The second kappa shape index (κ2) is 5.63.